The Hall–Kier alpha value is -1.42. The summed E-state index contributed by atoms with van der Waals surface area (Å²) in [6.07, 6.45) is 4.31. The third kappa shape index (κ3) is 1.19. The van der Waals surface area contributed by atoms with Gasteiger partial charge in [-0.05, 0) is 6.08 Å². The van der Waals surface area contributed by atoms with Crippen molar-refractivity contribution in [1.82, 2.24) is 0 Å². The molecule has 1 aliphatic heterocycles. The molecule has 1 heterocycles. The number of halogens is 1. The van der Waals surface area contributed by atoms with E-state index in [4.69, 9.17) is 11.6 Å². The summed E-state index contributed by atoms with van der Waals surface area (Å²) in [5.41, 5.74) is 0.554. The molecule has 1 aliphatic carbocycles. The van der Waals surface area contributed by atoms with Crippen molar-refractivity contribution in [3.8, 4) is 0 Å². The minimum Gasteiger partial charge on any atom is -0.336 e. The lowest BCUT2D eigenvalue weighted by atomic mass is 9.97. The Morgan fingerprint density at radius 3 is 2.93 bits per heavy atom. The van der Waals surface area contributed by atoms with E-state index in [1.54, 1.807) is 18.2 Å². The molecule has 5 heteroatoms. The van der Waals surface area contributed by atoms with Gasteiger partial charge in [0.05, 0.1) is 0 Å². The zero-order valence-electron chi connectivity index (χ0n) is 7.36. The normalized spacial score (nSPS) is 25.9. The van der Waals surface area contributed by atoms with Gasteiger partial charge in [-0.25, -0.2) is 0 Å². The molecule has 2 rings (SSSR count). The largest absolute Gasteiger partial charge is 0.604 e. The third-order valence-corrected chi connectivity index (χ3v) is 2.52. The molecule has 0 bridgehead atoms. The maximum Gasteiger partial charge on any atom is 0.604 e. The molecule has 0 aromatic rings. The number of allylic oxidation sites excluding steroid dienone is 3. The van der Waals surface area contributed by atoms with Crippen LogP contribution in [0.15, 0.2) is 23.3 Å². The van der Waals surface area contributed by atoms with Crippen LogP contribution in [0, 0.1) is 5.92 Å². The van der Waals surface area contributed by atoms with Crippen molar-refractivity contribution >= 4 is 29.4 Å². The van der Waals surface area contributed by atoms with Crippen LogP contribution in [0.2, 0.25) is 0 Å². The average Bonchev–Trinajstić information content (AvgIpc) is 2.14. The Morgan fingerprint density at radius 1 is 1.50 bits per heavy atom. The molecule has 0 fully saturated rings. The SMILES string of the molecule is C[N+]1=C2C=CC=C(Cl)C2C(=O)OC1=O. The molecule has 14 heavy (non-hydrogen) atoms. The average molecular weight is 213 g/mol. The topological polar surface area (TPSA) is 46.4 Å². The molecule has 2 aliphatic rings. The quantitative estimate of drug-likeness (QED) is 0.343. The molecule has 0 saturated carbocycles. The van der Waals surface area contributed by atoms with E-state index in [2.05, 4.69) is 4.74 Å². The van der Waals surface area contributed by atoms with E-state index >= 15 is 0 Å². The first-order chi connectivity index (χ1) is 6.61. The monoisotopic (exact) mass is 212 g/mol. The van der Waals surface area contributed by atoms with Gasteiger partial charge in [0.15, 0.2) is 5.92 Å². The van der Waals surface area contributed by atoms with E-state index in [0.717, 1.165) is 0 Å². The highest BCUT2D eigenvalue weighted by Crippen LogP contribution is 2.25. The number of fused-ring (bicyclic) bond motifs is 1. The first-order valence-corrected chi connectivity index (χ1v) is 4.39. The van der Waals surface area contributed by atoms with Gasteiger partial charge >= 0.3 is 12.1 Å². The van der Waals surface area contributed by atoms with Crippen molar-refractivity contribution < 1.29 is 18.9 Å². The second-order valence-corrected chi connectivity index (χ2v) is 3.45. The minimum atomic E-state index is -0.669. The van der Waals surface area contributed by atoms with Gasteiger partial charge in [0.1, 0.15) is 7.05 Å². The van der Waals surface area contributed by atoms with E-state index in [1.165, 1.54) is 11.6 Å². The first-order valence-electron chi connectivity index (χ1n) is 4.01. The molecule has 0 N–H and O–H groups in total. The number of carbonyl (C=O) groups is 2. The second kappa shape index (κ2) is 3.06. The summed E-state index contributed by atoms with van der Waals surface area (Å²) in [4.78, 5) is 22.5. The van der Waals surface area contributed by atoms with Crippen LogP contribution in [-0.2, 0) is 9.53 Å². The first kappa shape index (κ1) is 9.15. The smallest absolute Gasteiger partial charge is 0.336 e. The van der Waals surface area contributed by atoms with E-state index in [-0.39, 0.29) is 0 Å². The highest BCUT2D eigenvalue weighted by molar-refractivity contribution is 6.35. The molecule has 72 valence electrons. The van der Waals surface area contributed by atoms with Crippen LogP contribution in [0.1, 0.15) is 0 Å². The summed E-state index contributed by atoms with van der Waals surface area (Å²) in [5.74, 6) is -1.27. The summed E-state index contributed by atoms with van der Waals surface area (Å²) >= 11 is 5.85. The molecule has 0 spiro atoms. The zero-order valence-corrected chi connectivity index (χ0v) is 8.12. The van der Waals surface area contributed by atoms with Gasteiger partial charge in [-0.15, -0.1) is 4.58 Å². The van der Waals surface area contributed by atoms with Crippen LogP contribution in [0.4, 0.5) is 4.79 Å². The highest BCUT2D eigenvalue weighted by atomic mass is 35.5. The lowest BCUT2D eigenvalue weighted by molar-refractivity contribution is -0.416. The Morgan fingerprint density at radius 2 is 2.21 bits per heavy atom. The van der Waals surface area contributed by atoms with E-state index in [1.807, 2.05) is 0 Å². The molecule has 4 nitrogen and oxygen atoms in total. The summed E-state index contributed by atoms with van der Waals surface area (Å²) < 4.78 is 5.78. The molecule has 0 aromatic heterocycles. The van der Waals surface area contributed by atoms with Crippen molar-refractivity contribution in [2.75, 3.05) is 7.05 Å². The summed E-state index contributed by atoms with van der Waals surface area (Å²) in [6, 6.07) is 0. The number of amides is 1. The Kier molecular flexibility index (Phi) is 2.00. The Labute approximate surface area is 85.1 Å². The fraction of sp³-hybridized carbons (Fsp3) is 0.222. The Bertz CT molecular complexity index is 420. The standard InChI is InChI=1S/C9H7ClNO3/c1-11-6-4-2-3-5(10)7(6)8(12)14-9(11)13/h2-4,7H,1H3/q+1. The molecule has 0 aromatic carbocycles. The molecule has 1 amide bonds. The second-order valence-electron chi connectivity index (χ2n) is 3.01. The van der Waals surface area contributed by atoms with Crippen LogP contribution >= 0.6 is 11.6 Å². The number of cyclic esters (lactones) is 2. The van der Waals surface area contributed by atoms with Crippen LogP contribution < -0.4 is 0 Å². The number of esters is 1. The predicted molar refractivity (Wildman–Crippen MR) is 49.2 cm³/mol. The van der Waals surface area contributed by atoms with Crippen LogP contribution in [0.5, 0.6) is 0 Å². The minimum absolute atomic E-state index is 0.367. The molecular formula is C9H7ClNO3+. The van der Waals surface area contributed by atoms with Gasteiger partial charge in [0, 0.05) is 11.1 Å². The lowest BCUT2D eigenvalue weighted by Gasteiger charge is -2.18. The fourth-order valence-corrected chi connectivity index (χ4v) is 1.70. The van der Waals surface area contributed by atoms with Crippen LogP contribution in [-0.4, -0.2) is 29.4 Å². The predicted octanol–water partition coefficient (Wildman–Crippen LogP) is 1.06. The van der Waals surface area contributed by atoms with Crippen LogP contribution in [0.3, 0.4) is 0 Å². The van der Waals surface area contributed by atoms with Crippen LogP contribution in [0.25, 0.3) is 0 Å². The maximum absolute atomic E-state index is 11.3. The van der Waals surface area contributed by atoms with Crippen molar-refractivity contribution in [3.63, 3.8) is 0 Å². The highest BCUT2D eigenvalue weighted by Gasteiger charge is 2.43. The maximum atomic E-state index is 11.3. The number of hydrogen-bond acceptors (Lipinski definition) is 3. The molecule has 0 radical (unpaired) electrons. The van der Waals surface area contributed by atoms with Crippen molar-refractivity contribution in [3.05, 3.63) is 23.3 Å². The molecular weight excluding hydrogens is 206 g/mol. The van der Waals surface area contributed by atoms with Gasteiger partial charge in [-0.1, -0.05) is 17.7 Å². The third-order valence-electron chi connectivity index (χ3n) is 2.18. The van der Waals surface area contributed by atoms with Crippen molar-refractivity contribution in [1.29, 1.82) is 0 Å². The van der Waals surface area contributed by atoms with Gasteiger partial charge in [-0.2, -0.15) is 4.79 Å². The van der Waals surface area contributed by atoms with Crippen molar-refractivity contribution in [2.45, 2.75) is 0 Å². The Balaban J connectivity index is 2.57. The van der Waals surface area contributed by atoms with Gasteiger partial charge < -0.3 is 4.74 Å². The van der Waals surface area contributed by atoms with E-state index in [9.17, 15) is 9.59 Å². The number of carbonyl (C=O) groups excluding carboxylic acids is 2. The summed E-state index contributed by atoms with van der Waals surface area (Å²) in [7, 11) is 1.54. The van der Waals surface area contributed by atoms with E-state index in [0.29, 0.717) is 10.7 Å². The number of nitrogens with zero attached hydrogens (tertiary/aromatic N) is 1. The molecule has 1 atom stereocenters. The number of ether oxygens (including phenoxy) is 1. The lowest BCUT2D eigenvalue weighted by Crippen LogP contribution is -2.42. The zero-order chi connectivity index (χ0) is 10.3. The molecule has 0 saturated heterocycles. The molecule has 1 unspecified atom stereocenters. The van der Waals surface area contributed by atoms with Crippen molar-refractivity contribution in [2.24, 2.45) is 5.92 Å². The summed E-state index contributed by atoms with van der Waals surface area (Å²) in [5, 5.41) is 0.367. The number of rotatable bonds is 0. The summed E-state index contributed by atoms with van der Waals surface area (Å²) in [6.45, 7) is 0. The van der Waals surface area contributed by atoms with E-state index < -0.39 is 18.0 Å². The van der Waals surface area contributed by atoms with Gasteiger partial charge in [0.2, 0.25) is 5.71 Å². The van der Waals surface area contributed by atoms with Gasteiger partial charge in [0.25, 0.3) is 0 Å². The van der Waals surface area contributed by atoms with Gasteiger partial charge in [-0.3, -0.25) is 4.79 Å². The number of hydrogen-bond donors (Lipinski definition) is 0. The fourth-order valence-electron chi connectivity index (χ4n) is 1.43.